The van der Waals surface area contributed by atoms with E-state index in [0.29, 0.717) is 11.8 Å². The van der Waals surface area contributed by atoms with E-state index in [0.717, 1.165) is 5.56 Å². The molecule has 0 aliphatic heterocycles. The van der Waals surface area contributed by atoms with Crippen LogP contribution in [0.2, 0.25) is 0 Å². The predicted octanol–water partition coefficient (Wildman–Crippen LogP) is 3.57. The van der Waals surface area contributed by atoms with Crippen molar-refractivity contribution in [1.29, 1.82) is 0 Å². The van der Waals surface area contributed by atoms with Gasteiger partial charge in [0.25, 0.3) is 0 Å². The third kappa shape index (κ3) is 2.39. The molecule has 0 heterocycles. The first kappa shape index (κ1) is 9.34. The van der Waals surface area contributed by atoms with E-state index in [4.69, 9.17) is 0 Å². The van der Waals surface area contributed by atoms with E-state index in [1.165, 1.54) is 18.4 Å². The minimum absolute atomic E-state index is 0.612. The van der Waals surface area contributed by atoms with E-state index < -0.39 is 0 Å². The van der Waals surface area contributed by atoms with Gasteiger partial charge in [0.15, 0.2) is 0 Å². The summed E-state index contributed by atoms with van der Waals surface area (Å²) in [6.07, 6.45) is 2.61. The van der Waals surface area contributed by atoms with Crippen LogP contribution in [0.5, 0.6) is 0 Å². The van der Waals surface area contributed by atoms with Crippen LogP contribution in [0.25, 0.3) is 0 Å². The Morgan fingerprint density at radius 3 is 2.29 bits per heavy atom. The molecule has 0 nitrogen and oxygen atoms in total. The van der Waals surface area contributed by atoms with Gasteiger partial charge in [0.05, 0.1) is 0 Å². The molecule has 0 aromatic heterocycles. The summed E-state index contributed by atoms with van der Waals surface area (Å²) in [4.78, 5) is 0. The number of hydrogen-bond donors (Lipinski definition) is 0. The first-order valence-corrected chi connectivity index (χ1v) is 5.37. The molecule has 0 bridgehead atoms. The van der Waals surface area contributed by atoms with Gasteiger partial charge in [-0.1, -0.05) is 37.8 Å². The number of hydrogen-bond acceptors (Lipinski definition) is 0. The highest BCUT2D eigenvalue weighted by molar-refractivity contribution is 5.37. The molecule has 0 radical (unpaired) electrons. The van der Waals surface area contributed by atoms with Gasteiger partial charge in [-0.15, -0.1) is 0 Å². The molecule has 0 spiro atoms. The molecule has 72 valence electrons. The second kappa shape index (κ2) is 3.88. The van der Waals surface area contributed by atoms with Crippen molar-refractivity contribution in [3.05, 3.63) is 35.4 Å². The molecule has 1 aromatic rings. The quantitative estimate of drug-likeness (QED) is 0.585. The molecule has 1 fully saturated rings. The SMILES string of the molecule is CC(C)c1ccc(C#CC2CC2)cc1. The molecule has 0 unspecified atom stereocenters. The fourth-order valence-corrected chi connectivity index (χ4v) is 1.36. The van der Waals surface area contributed by atoms with Gasteiger partial charge in [-0.05, 0) is 36.5 Å². The van der Waals surface area contributed by atoms with Crippen molar-refractivity contribution in [1.82, 2.24) is 0 Å². The zero-order valence-corrected chi connectivity index (χ0v) is 8.88. The standard InChI is InChI=1S/C14H16/c1-11(2)14-9-7-13(8-10-14)6-5-12-3-4-12/h7-12H,3-4H2,1-2H3. The van der Waals surface area contributed by atoms with E-state index in [-0.39, 0.29) is 0 Å². The Hall–Kier alpha value is -1.22. The molecule has 2 rings (SSSR count). The zero-order chi connectivity index (χ0) is 9.97. The van der Waals surface area contributed by atoms with Crippen molar-refractivity contribution >= 4 is 0 Å². The molecule has 0 saturated heterocycles. The van der Waals surface area contributed by atoms with Crippen molar-refractivity contribution in [2.75, 3.05) is 0 Å². The second-order valence-corrected chi connectivity index (χ2v) is 4.32. The van der Waals surface area contributed by atoms with Crippen molar-refractivity contribution in [3.63, 3.8) is 0 Å². The maximum Gasteiger partial charge on any atom is 0.0245 e. The van der Waals surface area contributed by atoms with Gasteiger partial charge < -0.3 is 0 Å². The van der Waals surface area contributed by atoms with Crippen molar-refractivity contribution in [2.45, 2.75) is 32.6 Å². The molecular formula is C14H16. The maximum atomic E-state index is 3.27. The minimum atomic E-state index is 0.612. The van der Waals surface area contributed by atoms with Crippen molar-refractivity contribution in [2.24, 2.45) is 5.92 Å². The average Bonchev–Trinajstić information content (AvgIpc) is 2.99. The Balaban J connectivity index is 2.10. The largest absolute Gasteiger partial charge is 0.0945 e. The molecule has 0 amide bonds. The third-order valence-electron chi connectivity index (χ3n) is 2.58. The predicted molar refractivity (Wildman–Crippen MR) is 60.1 cm³/mol. The monoisotopic (exact) mass is 184 g/mol. The summed E-state index contributed by atoms with van der Waals surface area (Å²) in [5.74, 6) is 7.80. The summed E-state index contributed by atoms with van der Waals surface area (Å²) in [5, 5.41) is 0. The molecule has 1 aliphatic rings. The lowest BCUT2D eigenvalue weighted by atomic mass is 10.0. The zero-order valence-electron chi connectivity index (χ0n) is 8.88. The second-order valence-electron chi connectivity index (χ2n) is 4.32. The molecule has 14 heavy (non-hydrogen) atoms. The van der Waals surface area contributed by atoms with Gasteiger partial charge in [-0.3, -0.25) is 0 Å². The van der Waals surface area contributed by atoms with Crippen LogP contribution in [0, 0.1) is 17.8 Å². The maximum absolute atomic E-state index is 3.27. The lowest BCUT2D eigenvalue weighted by molar-refractivity contribution is 0.866. The molecule has 1 aromatic carbocycles. The Bertz CT molecular complexity index is 355. The van der Waals surface area contributed by atoms with E-state index in [9.17, 15) is 0 Å². The molecule has 1 saturated carbocycles. The van der Waals surface area contributed by atoms with Gasteiger partial charge in [-0.25, -0.2) is 0 Å². The lowest BCUT2D eigenvalue weighted by Crippen LogP contribution is -1.86. The van der Waals surface area contributed by atoms with Crippen LogP contribution in [-0.4, -0.2) is 0 Å². The van der Waals surface area contributed by atoms with Crippen LogP contribution in [0.4, 0.5) is 0 Å². The normalized spacial score (nSPS) is 15.1. The van der Waals surface area contributed by atoms with Crippen LogP contribution >= 0.6 is 0 Å². The summed E-state index contributed by atoms with van der Waals surface area (Å²) in [6, 6.07) is 8.62. The first-order chi connectivity index (χ1) is 6.75. The van der Waals surface area contributed by atoms with E-state index >= 15 is 0 Å². The average molecular weight is 184 g/mol. The summed E-state index contributed by atoms with van der Waals surface area (Å²) < 4.78 is 0. The first-order valence-electron chi connectivity index (χ1n) is 5.37. The van der Waals surface area contributed by atoms with Crippen LogP contribution in [0.3, 0.4) is 0 Å². The van der Waals surface area contributed by atoms with E-state index in [1.54, 1.807) is 0 Å². The highest BCUT2D eigenvalue weighted by Gasteiger charge is 2.17. The summed E-state index contributed by atoms with van der Waals surface area (Å²) in [6.45, 7) is 4.43. The smallest absolute Gasteiger partial charge is 0.0245 e. The summed E-state index contributed by atoms with van der Waals surface area (Å²) in [5.41, 5.74) is 2.54. The number of rotatable bonds is 1. The molecular weight excluding hydrogens is 168 g/mol. The lowest BCUT2D eigenvalue weighted by Gasteiger charge is -2.03. The van der Waals surface area contributed by atoms with Gasteiger partial charge in [0.1, 0.15) is 0 Å². The number of benzene rings is 1. The Morgan fingerprint density at radius 2 is 1.79 bits per heavy atom. The van der Waals surface area contributed by atoms with Crippen LogP contribution in [0.15, 0.2) is 24.3 Å². The topological polar surface area (TPSA) is 0 Å². The Morgan fingerprint density at radius 1 is 1.14 bits per heavy atom. The Kier molecular flexibility index (Phi) is 2.59. The minimum Gasteiger partial charge on any atom is -0.0945 e. The summed E-state index contributed by atoms with van der Waals surface area (Å²) >= 11 is 0. The van der Waals surface area contributed by atoms with Crippen molar-refractivity contribution < 1.29 is 0 Å². The van der Waals surface area contributed by atoms with E-state index in [1.807, 2.05) is 0 Å². The fourth-order valence-electron chi connectivity index (χ4n) is 1.36. The van der Waals surface area contributed by atoms with Gasteiger partial charge in [0.2, 0.25) is 0 Å². The molecule has 0 heteroatoms. The van der Waals surface area contributed by atoms with E-state index in [2.05, 4.69) is 50.0 Å². The van der Waals surface area contributed by atoms with Crippen LogP contribution < -0.4 is 0 Å². The highest BCUT2D eigenvalue weighted by Crippen LogP contribution is 2.27. The molecule has 0 atom stereocenters. The highest BCUT2D eigenvalue weighted by atomic mass is 14.2. The van der Waals surface area contributed by atoms with Gasteiger partial charge in [-0.2, -0.15) is 0 Å². The van der Waals surface area contributed by atoms with Crippen molar-refractivity contribution in [3.8, 4) is 11.8 Å². The van der Waals surface area contributed by atoms with Crippen LogP contribution in [0.1, 0.15) is 43.7 Å². The van der Waals surface area contributed by atoms with Crippen LogP contribution in [-0.2, 0) is 0 Å². The van der Waals surface area contributed by atoms with Gasteiger partial charge >= 0.3 is 0 Å². The fraction of sp³-hybridized carbons (Fsp3) is 0.429. The molecule has 0 N–H and O–H groups in total. The third-order valence-corrected chi connectivity index (χ3v) is 2.58. The molecule has 1 aliphatic carbocycles. The van der Waals surface area contributed by atoms with Gasteiger partial charge in [0, 0.05) is 11.5 Å². The Labute approximate surface area is 86.3 Å². The summed E-state index contributed by atoms with van der Waals surface area (Å²) in [7, 11) is 0.